The highest BCUT2D eigenvalue weighted by Crippen LogP contribution is 2.12. The Labute approximate surface area is 74.5 Å². The van der Waals surface area contributed by atoms with Gasteiger partial charge in [0.15, 0.2) is 0 Å². The highest BCUT2D eigenvalue weighted by atomic mass is 16.4. The maximum atomic E-state index is 10.1. The van der Waals surface area contributed by atoms with E-state index in [1.165, 1.54) is 18.2 Å². The monoisotopic (exact) mass is 177 g/mol. The van der Waals surface area contributed by atoms with E-state index in [4.69, 9.17) is 5.11 Å². The topological polar surface area (TPSA) is 66.7 Å². The molecule has 1 aromatic carbocycles. The average molecular weight is 177 g/mol. The van der Waals surface area contributed by atoms with E-state index in [0.29, 0.717) is 5.69 Å². The van der Waals surface area contributed by atoms with Gasteiger partial charge in [0.25, 0.3) is 0 Å². The predicted molar refractivity (Wildman–Crippen MR) is 48.6 cm³/mol. The van der Waals surface area contributed by atoms with Gasteiger partial charge < -0.3 is 5.11 Å². The molecule has 0 bridgehead atoms. The van der Waals surface area contributed by atoms with Crippen molar-refractivity contribution in [2.75, 3.05) is 0 Å². The molecule has 0 aliphatic heterocycles. The van der Waals surface area contributed by atoms with Gasteiger partial charge in [0, 0.05) is 6.08 Å². The minimum Gasteiger partial charge on any atom is -0.478 e. The second-order valence-electron chi connectivity index (χ2n) is 2.35. The van der Waals surface area contributed by atoms with E-state index < -0.39 is 5.97 Å². The maximum absolute atomic E-state index is 10.1. The van der Waals surface area contributed by atoms with Gasteiger partial charge in [-0.25, -0.2) is 4.79 Å². The highest BCUT2D eigenvalue weighted by molar-refractivity contribution is 5.85. The molecule has 13 heavy (non-hydrogen) atoms. The SMILES string of the molecule is O=Nc1ccc(/C=C/C(=O)O)cc1. The lowest BCUT2D eigenvalue weighted by Gasteiger charge is -1.91. The van der Waals surface area contributed by atoms with E-state index in [2.05, 4.69) is 5.18 Å². The molecule has 0 amide bonds. The standard InChI is InChI=1S/C9H7NO3/c11-9(12)6-3-7-1-4-8(10-13)5-2-7/h1-6H,(H,11,12)/b6-3+. The van der Waals surface area contributed by atoms with Gasteiger partial charge >= 0.3 is 5.97 Å². The van der Waals surface area contributed by atoms with Crippen molar-refractivity contribution in [2.24, 2.45) is 5.18 Å². The average Bonchev–Trinajstić information content (AvgIpc) is 2.15. The minimum absolute atomic E-state index is 0.326. The molecular formula is C9H7NO3. The molecular weight excluding hydrogens is 170 g/mol. The Hall–Kier alpha value is -1.97. The summed E-state index contributed by atoms with van der Waals surface area (Å²) in [6, 6.07) is 6.29. The normalized spacial score (nSPS) is 10.2. The van der Waals surface area contributed by atoms with Crippen LogP contribution >= 0.6 is 0 Å². The second kappa shape index (κ2) is 4.15. The summed E-state index contributed by atoms with van der Waals surface area (Å²) in [4.78, 5) is 20.2. The number of nitroso groups, excluding NO2 is 1. The first kappa shape index (κ1) is 9.12. The zero-order valence-corrected chi connectivity index (χ0v) is 6.68. The van der Waals surface area contributed by atoms with E-state index in [1.807, 2.05) is 0 Å². The number of rotatable bonds is 3. The van der Waals surface area contributed by atoms with E-state index in [-0.39, 0.29) is 0 Å². The Morgan fingerprint density at radius 3 is 2.38 bits per heavy atom. The molecule has 0 aliphatic carbocycles. The lowest BCUT2D eigenvalue weighted by Crippen LogP contribution is -1.85. The Kier molecular flexibility index (Phi) is 2.92. The summed E-state index contributed by atoms with van der Waals surface area (Å²) >= 11 is 0. The van der Waals surface area contributed by atoms with E-state index in [0.717, 1.165) is 11.6 Å². The van der Waals surface area contributed by atoms with Gasteiger partial charge in [0.05, 0.1) is 0 Å². The third-order valence-corrected chi connectivity index (χ3v) is 1.42. The van der Waals surface area contributed by atoms with Gasteiger partial charge in [-0.2, -0.15) is 0 Å². The van der Waals surface area contributed by atoms with Crippen molar-refractivity contribution in [3.05, 3.63) is 40.8 Å². The summed E-state index contributed by atoms with van der Waals surface area (Å²) in [7, 11) is 0. The van der Waals surface area contributed by atoms with Crippen LogP contribution in [0, 0.1) is 4.91 Å². The quantitative estimate of drug-likeness (QED) is 0.568. The minimum atomic E-state index is -1.00. The third kappa shape index (κ3) is 2.86. The van der Waals surface area contributed by atoms with Gasteiger partial charge in [-0.05, 0) is 28.9 Å². The summed E-state index contributed by atoms with van der Waals surface area (Å²) in [6.07, 6.45) is 2.47. The summed E-state index contributed by atoms with van der Waals surface area (Å²) < 4.78 is 0. The molecule has 0 saturated heterocycles. The predicted octanol–water partition coefficient (Wildman–Crippen LogP) is 2.18. The van der Waals surface area contributed by atoms with Gasteiger partial charge in [0.1, 0.15) is 5.69 Å². The number of aliphatic carboxylic acids is 1. The number of hydrogen-bond acceptors (Lipinski definition) is 3. The van der Waals surface area contributed by atoms with Crippen molar-refractivity contribution in [3.8, 4) is 0 Å². The molecule has 0 atom stereocenters. The van der Waals surface area contributed by atoms with Crippen LogP contribution in [0.4, 0.5) is 5.69 Å². The molecule has 0 aromatic heterocycles. The van der Waals surface area contributed by atoms with Crippen molar-refractivity contribution in [1.82, 2.24) is 0 Å². The number of benzene rings is 1. The van der Waals surface area contributed by atoms with Crippen LogP contribution in [0.5, 0.6) is 0 Å². The molecule has 4 heteroatoms. The van der Waals surface area contributed by atoms with Crippen LogP contribution in [-0.4, -0.2) is 11.1 Å². The van der Waals surface area contributed by atoms with E-state index >= 15 is 0 Å². The number of carboxylic acid groups (broad SMARTS) is 1. The first-order valence-electron chi connectivity index (χ1n) is 3.57. The second-order valence-corrected chi connectivity index (χ2v) is 2.35. The molecule has 0 spiro atoms. The Morgan fingerprint density at radius 2 is 1.92 bits per heavy atom. The lowest BCUT2D eigenvalue weighted by molar-refractivity contribution is -0.131. The van der Waals surface area contributed by atoms with E-state index in [9.17, 15) is 9.70 Å². The van der Waals surface area contributed by atoms with Crippen LogP contribution < -0.4 is 0 Å². The molecule has 0 radical (unpaired) electrons. The van der Waals surface area contributed by atoms with Gasteiger partial charge in [-0.3, -0.25) is 0 Å². The van der Waals surface area contributed by atoms with Crippen molar-refractivity contribution in [2.45, 2.75) is 0 Å². The number of hydrogen-bond donors (Lipinski definition) is 1. The van der Waals surface area contributed by atoms with Crippen molar-refractivity contribution >= 4 is 17.7 Å². The van der Waals surface area contributed by atoms with Crippen molar-refractivity contribution in [3.63, 3.8) is 0 Å². The van der Waals surface area contributed by atoms with Crippen LogP contribution in [0.2, 0.25) is 0 Å². The molecule has 66 valence electrons. The van der Waals surface area contributed by atoms with Gasteiger partial charge in [-0.1, -0.05) is 12.1 Å². The van der Waals surface area contributed by atoms with Crippen LogP contribution in [0.3, 0.4) is 0 Å². The Morgan fingerprint density at radius 1 is 1.31 bits per heavy atom. The maximum Gasteiger partial charge on any atom is 0.328 e. The van der Waals surface area contributed by atoms with Crippen LogP contribution in [0.1, 0.15) is 5.56 Å². The molecule has 0 saturated carbocycles. The lowest BCUT2D eigenvalue weighted by atomic mass is 10.2. The fraction of sp³-hybridized carbons (Fsp3) is 0. The van der Waals surface area contributed by atoms with Crippen molar-refractivity contribution < 1.29 is 9.90 Å². The van der Waals surface area contributed by atoms with Crippen LogP contribution in [0.15, 0.2) is 35.5 Å². The molecule has 0 aliphatic rings. The molecule has 1 aromatic rings. The summed E-state index contributed by atoms with van der Waals surface area (Å²) in [5.41, 5.74) is 1.04. The smallest absolute Gasteiger partial charge is 0.328 e. The number of nitrogens with zero attached hydrogens (tertiary/aromatic N) is 1. The van der Waals surface area contributed by atoms with Crippen molar-refractivity contribution in [1.29, 1.82) is 0 Å². The first-order chi connectivity index (χ1) is 6.22. The molecule has 0 heterocycles. The Bertz CT molecular complexity index is 340. The molecule has 1 rings (SSSR count). The first-order valence-corrected chi connectivity index (χ1v) is 3.57. The zero-order chi connectivity index (χ0) is 9.68. The fourth-order valence-corrected chi connectivity index (χ4v) is 0.814. The van der Waals surface area contributed by atoms with Gasteiger partial charge in [-0.15, -0.1) is 4.91 Å². The van der Waals surface area contributed by atoms with E-state index in [1.54, 1.807) is 12.1 Å². The largest absolute Gasteiger partial charge is 0.478 e. The fourth-order valence-electron chi connectivity index (χ4n) is 0.814. The number of carboxylic acids is 1. The molecule has 0 fully saturated rings. The molecule has 1 N–H and O–H groups in total. The zero-order valence-electron chi connectivity index (χ0n) is 6.68. The summed E-state index contributed by atoms with van der Waals surface area (Å²) in [5, 5.41) is 11.0. The Balaban J connectivity index is 2.80. The molecule has 4 nitrogen and oxygen atoms in total. The number of carbonyl (C=O) groups is 1. The summed E-state index contributed by atoms with van der Waals surface area (Å²) in [5.74, 6) is -1.00. The molecule has 0 unspecified atom stereocenters. The van der Waals surface area contributed by atoms with Gasteiger partial charge in [0.2, 0.25) is 0 Å². The van der Waals surface area contributed by atoms with Crippen LogP contribution in [-0.2, 0) is 4.79 Å². The van der Waals surface area contributed by atoms with Crippen LogP contribution in [0.25, 0.3) is 6.08 Å². The highest BCUT2D eigenvalue weighted by Gasteiger charge is 1.91. The third-order valence-electron chi connectivity index (χ3n) is 1.42. The summed E-state index contributed by atoms with van der Waals surface area (Å²) in [6.45, 7) is 0.